The second-order valence-corrected chi connectivity index (χ2v) is 5.57. The number of halogens is 2. The van der Waals surface area contributed by atoms with Crippen molar-refractivity contribution in [1.29, 1.82) is 0 Å². The van der Waals surface area contributed by atoms with E-state index in [-0.39, 0.29) is 0 Å². The number of aryl methyl sites for hydroxylation is 1. The first-order chi connectivity index (χ1) is 8.74. The molecule has 0 saturated heterocycles. The SMILES string of the molecule is Cc1nc2cc(OCCCl)c(OCCCl)cc2s1. The molecule has 0 amide bonds. The molecule has 0 spiro atoms. The summed E-state index contributed by atoms with van der Waals surface area (Å²) in [6.45, 7) is 2.86. The molecule has 0 N–H and O–H groups in total. The van der Waals surface area contributed by atoms with Gasteiger partial charge in [-0.2, -0.15) is 0 Å². The molecule has 0 fully saturated rings. The van der Waals surface area contributed by atoms with Crippen molar-refractivity contribution >= 4 is 44.8 Å². The van der Waals surface area contributed by atoms with Crippen LogP contribution in [-0.2, 0) is 0 Å². The van der Waals surface area contributed by atoms with E-state index >= 15 is 0 Å². The highest BCUT2D eigenvalue weighted by Crippen LogP contribution is 2.35. The number of nitrogens with zero attached hydrogens (tertiary/aromatic N) is 1. The Morgan fingerprint density at radius 1 is 1.11 bits per heavy atom. The minimum atomic E-state index is 0.434. The molecule has 0 bridgehead atoms. The maximum Gasteiger partial charge on any atom is 0.163 e. The Labute approximate surface area is 120 Å². The van der Waals surface area contributed by atoms with Gasteiger partial charge in [-0.05, 0) is 6.92 Å². The molecule has 1 aromatic carbocycles. The Balaban J connectivity index is 2.35. The van der Waals surface area contributed by atoms with E-state index in [1.54, 1.807) is 11.3 Å². The zero-order chi connectivity index (χ0) is 13.0. The van der Waals surface area contributed by atoms with E-state index in [2.05, 4.69) is 4.98 Å². The van der Waals surface area contributed by atoms with E-state index < -0.39 is 0 Å². The van der Waals surface area contributed by atoms with E-state index in [9.17, 15) is 0 Å². The number of fused-ring (bicyclic) bond motifs is 1. The fourth-order valence-corrected chi connectivity index (χ4v) is 2.57. The van der Waals surface area contributed by atoms with Crippen molar-refractivity contribution in [3.63, 3.8) is 0 Å². The predicted octanol–water partition coefficient (Wildman–Crippen LogP) is 3.84. The van der Waals surface area contributed by atoms with Crippen molar-refractivity contribution < 1.29 is 9.47 Å². The molecule has 2 rings (SSSR count). The summed E-state index contributed by atoms with van der Waals surface area (Å²) in [7, 11) is 0. The number of aromatic nitrogens is 1. The Morgan fingerprint density at radius 3 is 2.33 bits per heavy atom. The summed E-state index contributed by atoms with van der Waals surface area (Å²) in [5, 5.41) is 1.02. The van der Waals surface area contributed by atoms with Crippen LogP contribution in [0.3, 0.4) is 0 Å². The van der Waals surface area contributed by atoms with Crippen LogP contribution in [0.15, 0.2) is 12.1 Å². The smallest absolute Gasteiger partial charge is 0.163 e. The molecule has 0 atom stereocenters. The third-order valence-electron chi connectivity index (χ3n) is 2.23. The molecular formula is C12H13Cl2NO2S. The molecule has 6 heteroatoms. The minimum absolute atomic E-state index is 0.434. The molecule has 0 unspecified atom stereocenters. The molecule has 1 aromatic heterocycles. The lowest BCUT2D eigenvalue weighted by Gasteiger charge is -2.11. The first-order valence-electron chi connectivity index (χ1n) is 5.53. The Kier molecular flexibility index (Phi) is 4.92. The average Bonchev–Trinajstić information content (AvgIpc) is 2.72. The van der Waals surface area contributed by atoms with Crippen molar-refractivity contribution in [2.24, 2.45) is 0 Å². The summed E-state index contributed by atoms with van der Waals surface area (Å²) < 4.78 is 12.2. The molecule has 0 aliphatic heterocycles. The molecular weight excluding hydrogens is 293 g/mol. The third kappa shape index (κ3) is 3.19. The topological polar surface area (TPSA) is 31.4 Å². The lowest BCUT2D eigenvalue weighted by molar-refractivity contribution is 0.291. The number of hydrogen-bond donors (Lipinski definition) is 0. The molecule has 1 heterocycles. The molecule has 98 valence electrons. The molecule has 18 heavy (non-hydrogen) atoms. The lowest BCUT2D eigenvalue weighted by Crippen LogP contribution is -2.03. The highest BCUT2D eigenvalue weighted by molar-refractivity contribution is 7.18. The standard InChI is InChI=1S/C12H13Cl2NO2S/c1-8-15-9-6-10(16-4-2-13)11(17-5-3-14)7-12(9)18-8/h6-7H,2-5H2,1H3. The van der Waals surface area contributed by atoms with Crippen molar-refractivity contribution in [1.82, 2.24) is 4.98 Å². The van der Waals surface area contributed by atoms with Gasteiger partial charge in [-0.25, -0.2) is 4.98 Å². The summed E-state index contributed by atoms with van der Waals surface area (Å²) in [6.07, 6.45) is 0. The summed E-state index contributed by atoms with van der Waals surface area (Å²) in [5.74, 6) is 2.23. The summed E-state index contributed by atoms with van der Waals surface area (Å²) in [4.78, 5) is 4.43. The maximum atomic E-state index is 5.63. The maximum absolute atomic E-state index is 5.63. The van der Waals surface area contributed by atoms with Crippen LogP contribution in [0.4, 0.5) is 0 Å². The van der Waals surface area contributed by atoms with E-state index in [0.29, 0.717) is 36.5 Å². The van der Waals surface area contributed by atoms with Crippen LogP contribution in [0.2, 0.25) is 0 Å². The minimum Gasteiger partial charge on any atom is -0.488 e. The van der Waals surface area contributed by atoms with Gasteiger partial charge in [0.25, 0.3) is 0 Å². The predicted molar refractivity (Wildman–Crippen MR) is 76.8 cm³/mol. The van der Waals surface area contributed by atoms with E-state index in [4.69, 9.17) is 32.7 Å². The fraction of sp³-hybridized carbons (Fsp3) is 0.417. The van der Waals surface area contributed by atoms with Crippen LogP contribution in [-0.4, -0.2) is 30.0 Å². The monoisotopic (exact) mass is 305 g/mol. The van der Waals surface area contributed by atoms with Gasteiger partial charge in [0.15, 0.2) is 11.5 Å². The number of ether oxygens (including phenoxy) is 2. The molecule has 0 radical (unpaired) electrons. The van der Waals surface area contributed by atoms with Crippen LogP contribution in [0.25, 0.3) is 10.2 Å². The number of thiazole rings is 1. The van der Waals surface area contributed by atoms with E-state index in [1.165, 1.54) is 0 Å². The van der Waals surface area contributed by atoms with Crippen LogP contribution in [0.1, 0.15) is 5.01 Å². The zero-order valence-corrected chi connectivity index (χ0v) is 12.2. The zero-order valence-electron chi connectivity index (χ0n) is 9.91. The number of hydrogen-bond acceptors (Lipinski definition) is 4. The van der Waals surface area contributed by atoms with Gasteiger partial charge in [-0.15, -0.1) is 34.5 Å². The first kappa shape index (κ1) is 13.7. The second kappa shape index (κ2) is 6.45. The Hall–Kier alpha value is -0.710. The van der Waals surface area contributed by atoms with Gasteiger partial charge >= 0.3 is 0 Å². The molecule has 0 saturated carbocycles. The van der Waals surface area contributed by atoms with Gasteiger partial charge in [0.2, 0.25) is 0 Å². The average molecular weight is 306 g/mol. The highest BCUT2D eigenvalue weighted by Gasteiger charge is 2.10. The largest absolute Gasteiger partial charge is 0.488 e. The quantitative estimate of drug-likeness (QED) is 0.760. The molecule has 0 aliphatic carbocycles. The second-order valence-electron chi connectivity index (χ2n) is 3.57. The highest BCUT2D eigenvalue weighted by atomic mass is 35.5. The van der Waals surface area contributed by atoms with Crippen molar-refractivity contribution in [2.45, 2.75) is 6.92 Å². The summed E-state index contributed by atoms with van der Waals surface area (Å²) in [5.41, 5.74) is 0.917. The van der Waals surface area contributed by atoms with Gasteiger partial charge in [-0.1, -0.05) is 0 Å². The first-order valence-corrected chi connectivity index (χ1v) is 7.42. The number of rotatable bonds is 6. The summed E-state index contributed by atoms with van der Waals surface area (Å²) in [6, 6.07) is 3.82. The van der Waals surface area contributed by atoms with Gasteiger partial charge in [0.1, 0.15) is 13.2 Å². The van der Waals surface area contributed by atoms with Crippen molar-refractivity contribution in [2.75, 3.05) is 25.0 Å². The normalized spacial score (nSPS) is 10.8. The molecule has 2 aromatic rings. The van der Waals surface area contributed by atoms with Crippen LogP contribution >= 0.6 is 34.5 Å². The van der Waals surface area contributed by atoms with Gasteiger partial charge in [0.05, 0.1) is 27.0 Å². The van der Waals surface area contributed by atoms with Gasteiger partial charge in [-0.3, -0.25) is 0 Å². The van der Waals surface area contributed by atoms with Crippen molar-refractivity contribution in [3.05, 3.63) is 17.1 Å². The molecule has 3 nitrogen and oxygen atoms in total. The van der Waals surface area contributed by atoms with Crippen LogP contribution < -0.4 is 9.47 Å². The fourth-order valence-electron chi connectivity index (χ4n) is 1.57. The van der Waals surface area contributed by atoms with Crippen molar-refractivity contribution in [3.8, 4) is 11.5 Å². The number of benzene rings is 1. The summed E-state index contributed by atoms with van der Waals surface area (Å²) >= 11 is 12.9. The Bertz CT molecular complexity index is 485. The Morgan fingerprint density at radius 2 is 1.72 bits per heavy atom. The van der Waals surface area contributed by atoms with Crippen LogP contribution in [0, 0.1) is 6.92 Å². The van der Waals surface area contributed by atoms with E-state index in [1.807, 2.05) is 19.1 Å². The molecule has 0 aliphatic rings. The lowest BCUT2D eigenvalue weighted by atomic mass is 10.3. The van der Waals surface area contributed by atoms with Gasteiger partial charge < -0.3 is 9.47 Å². The number of alkyl halides is 2. The third-order valence-corrected chi connectivity index (χ3v) is 3.47. The van der Waals surface area contributed by atoms with Gasteiger partial charge in [0, 0.05) is 12.1 Å². The van der Waals surface area contributed by atoms with Crippen LogP contribution in [0.5, 0.6) is 11.5 Å². The van der Waals surface area contributed by atoms with E-state index in [0.717, 1.165) is 15.2 Å².